The van der Waals surface area contributed by atoms with Gasteiger partial charge in [-0.3, -0.25) is 9.59 Å². The number of amides is 2. The molecule has 4 rings (SSSR count). The summed E-state index contributed by atoms with van der Waals surface area (Å²) >= 11 is 13.7. The van der Waals surface area contributed by atoms with Gasteiger partial charge in [0, 0.05) is 23.7 Å². The molecule has 0 bridgehead atoms. The van der Waals surface area contributed by atoms with Crippen LogP contribution in [0.1, 0.15) is 30.2 Å². The Labute approximate surface area is 166 Å². The molecule has 2 aromatic rings. The van der Waals surface area contributed by atoms with Crippen molar-refractivity contribution in [2.45, 2.75) is 25.3 Å². The summed E-state index contributed by atoms with van der Waals surface area (Å²) in [5.41, 5.74) is 0.691. The van der Waals surface area contributed by atoms with Crippen LogP contribution in [0.15, 0.2) is 35.7 Å². The summed E-state index contributed by atoms with van der Waals surface area (Å²) in [6, 6.07) is 9.30. The highest BCUT2D eigenvalue weighted by Gasteiger charge is 2.42. The number of anilines is 1. The normalized spacial score (nSPS) is 23.1. The number of benzene rings is 1. The fraction of sp³-hybridized carbons (Fsp3) is 0.368. The number of hydrogen-bond acceptors (Lipinski definition) is 3. The summed E-state index contributed by atoms with van der Waals surface area (Å²) in [4.78, 5) is 30.7. The van der Waals surface area contributed by atoms with Gasteiger partial charge in [-0.1, -0.05) is 29.3 Å². The Kier molecular flexibility index (Phi) is 4.95. The van der Waals surface area contributed by atoms with Gasteiger partial charge in [-0.05, 0) is 48.9 Å². The lowest BCUT2D eigenvalue weighted by Gasteiger charge is -2.26. The average Bonchev–Trinajstić information content (AvgIpc) is 3.36. The Morgan fingerprint density at radius 3 is 2.69 bits per heavy atom. The Morgan fingerprint density at radius 2 is 1.96 bits per heavy atom. The highest BCUT2D eigenvalue weighted by Crippen LogP contribution is 2.37. The Bertz CT molecular complexity index is 840. The molecule has 0 N–H and O–H groups in total. The number of nitrogens with zero attached hydrogens (tertiary/aromatic N) is 2. The van der Waals surface area contributed by atoms with Crippen molar-refractivity contribution < 1.29 is 9.59 Å². The summed E-state index contributed by atoms with van der Waals surface area (Å²) < 4.78 is 0. The van der Waals surface area contributed by atoms with Crippen molar-refractivity contribution in [1.82, 2.24) is 4.90 Å². The molecule has 7 heteroatoms. The molecule has 136 valence electrons. The van der Waals surface area contributed by atoms with Crippen molar-refractivity contribution in [2.75, 3.05) is 18.0 Å². The zero-order valence-corrected chi connectivity index (χ0v) is 16.4. The van der Waals surface area contributed by atoms with Gasteiger partial charge in [0.15, 0.2) is 0 Å². The molecule has 2 aliphatic heterocycles. The maximum Gasteiger partial charge on any atom is 0.239 e. The van der Waals surface area contributed by atoms with Gasteiger partial charge in [-0.15, -0.1) is 11.3 Å². The van der Waals surface area contributed by atoms with E-state index in [4.69, 9.17) is 23.2 Å². The van der Waals surface area contributed by atoms with E-state index in [1.165, 1.54) is 4.88 Å². The molecule has 2 atom stereocenters. The summed E-state index contributed by atoms with van der Waals surface area (Å²) in [7, 11) is 0. The van der Waals surface area contributed by atoms with Crippen molar-refractivity contribution in [2.24, 2.45) is 5.92 Å². The monoisotopic (exact) mass is 408 g/mol. The lowest BCUT2D eigenvalue weighted by molar-refractivity contribution is -0.140. The van der Waals surface area contributed by atoms with Gasteiger partial charge in [0.25, 0.3) is 0 Å². The zero-order chi connectivity index (χ0) is 18.3. The molecule has 0 saturated carbocycles. The summed E-state index contributed by atoms with van der Waals surface area (Å²) in [6.45, 7) is 1.24. The maximum atomic E-state index is 13.1. The topological polar surface area (TPSA) is 40.6 Å². The van der Waals surface area contributed by atoms with Crippen molar-refractivity contribution >= 4 is 52.0 Å². The van der Waals surface area contributed by atoms with E-state index in [0.29, 0.717) is 28.7 Å². The van der Waals surface area contributed by atoms with E-state index in [0.717, 1.165) is 19.4 Å². The third-order valence-electron chi connectivity index (χ3n) is 5.13. The number of carbonyl (C=O) groups is 2. The molecule has 0 spiro atoms. The van der Waals surface area contributed by atoms with Crippen LogP contribution in [0.2, 0.25) is 10.0 Å². The maximum absolute atomic E-state index is 13.1. The molecule has 1 aromatic carbocycles. The minimum absolute atomic E-state index is 0.0477. The number of halogens is 2. The van der Waals surface area contributed by atoms with Crippen molar-refractivity contribution in [3.63, 3.8) is 0 Å². The van der Waals surface area contributed by atoms with Gasteiger partial charge in [-0.25, -0.2) is 0 Å². The van der Waals surface area contributed by atoms with E-state index in [9.17, 15) is 9.59 Å². The average molecular weight is 409 g/mol. The largest absolute Gasteiger partial charge is 0.334 e. The van der Waals surface area contributed by atoms with Crippen LogP contribution in [0, 0.1) is 5.92 Å². The van der Waals surface area contributed by atoms with E-state index >= 15 is 0 Å². The smallest absolute Gasteiger partial charge is 0.239 e. The van der Waals surface area contributed by atoms with Gasteiger partial charge in [-0.2, -0.15) is 0 Å². The first-order valence-corrected chi connectivity index (χ1v) is 10.3. The molecular weight excluding hydrogens is 391 g/mol. The van der Waals surface area contributed by atoms with Crippen LogP contribution in [0.5, 0.6) is 0 Å². The molecule has 1 aromatic heterocycles. The second-order valence-corrected chi connectivity index (χ2v) is 8.43. The Morgan fingerprint density at radius 1 is 1.12 bits per heavy atom. The predicted molar refractivity (Wildman–Crippen MR) is 105 cm³/mol. The van der Waals surface area contributed by atoms with E-state index in [-0.39, 0.29) is 17.9 Å². The Hall–Kier alpha value is -1.56. The molecule has 4 nitrogen and oxygen atoms in total. The third kappa shape index (κ3) is 3.13. The molecule has 2 saturated heterocycles. The van der Waals surface area contributed by atoms with Gasteiger partial charge in [0.1, 0.15) is 5.92 Å². The zero-order valence-electron chi connectivity index (χ0n) is 14.0. The van der Waals surface area contributed by atoms with Crippen molar-refractivity contribution in [3.8, 4) is 0 Å². The molecule has 3 heterocycles. The summed E-state index contributed by atoms with van der Waals surface area (Å²) in [6.07, 6.45) is 2.47. The van der Waals surface area contributed by atoms with Crippen LogP contribution < -0.4 is 4.90 Å². The molecule has 26 heavy (non-hydrogen) atoms. The van der Waals surface area contributed by atoms with E-state index in [1.54, 1.807) is 34.4 Å². The van der Waals surface area contributed by atoms with Crippen LogP contribution >= 0.6 is 34.5 Å². The summed E-state index contributed by atoms with van der Waals surface area (Å²) in [5.74, 6) is -0.802. The molecule has 0 radical (unpaired) electrons. The van der Waals surface area contributed by atoms with Crippen molar-refractivity contribution in [1.29, 1.82) is 0 Å². The molecular formula is C19H18Cl2N2O2S. The number of rotatable bonds is 3. The van der Waals surface area contributed by atoms with E-state index in [1.807, 2.05) is 16.3 Å². The molecule has 0 aliphatic carbocycles. The van der Waals surface area contributed by atoms with Gasteiger partial charge in [0.2, 0.25) is 11.8 Å². The number of carbonyl (C=O) groups excluding carboxylic acids is 2. The third-order valence-corrected chi connectivity index (χ3v) is 6.84. The SMILES string of the molecule is O=C1[C@@H](C(=O)N2CCC[C@@H]2c2cccs2)CCN1c1ccc(Cl)c(Cl)c1. The fourth-order valence-electron chi connectivity index (χ4n) is 3.83. The van der Waals surface area contributed by atoms with Crippen LogP contribution in [0.4, 0.5) is 5.69 Å². The minimum Gasteiger partial charge on any atom is -0.334 e. The first kappa shape index (κ1) is 17.8. The van der Waals surface area contributed by atoms with E-state index < -0.39 is 5.92 Å². The predicted octanol–water partition coefficient (Wildman–Crippen LogP) is 4.77. The highest BCUT2D eigenvalue weighted by molar-refractivity contribution is 7.10. The second kappa shape index (κ2) is 7.22. The van der Waals surface area contributed by atoms with Crippen LogP contribution in [0.25, 0.3) is 0 Å². The second-order valence-electron chi connectivity index (χ2n) is 6.63. The highest BCUT2D eigenvalue weighted by atomic mass is 35.5. The van der Waals surface area contributed by atoms with Crippen LogP contribution in [-0.2, 0) is 9.59 Å². The number of hydrogen-bond donors (Lipinski definition) is 0. The molecule has 2 amide bonds. The Balaban J connectivity index is 1.52. The fourth-order valence-corrected chi connectivity index (χ4v) is 4.99. The number of likely N-dealkylation sites (tertiary alicyclic amines) is 1. The van der Waals surface area contributed by atoms with Crippen LogP contribution in [-0.4, -0.2) is 29.8 Å². The quantitative estimate of drug-likeness (QED) is 0.686. The molecule has 2 fully saturated rings. The van der Waals surface area contributed by atoms with Gasteiger partial charge in [0.05, 0.1) is 16.1 Å². The lowest BCUT2D eigenvalue weighted by atomic mass is 10.1. The first-order chi connectivity index (χ1) is 12.6. The van der Waals surface area contributed by atoms with E-state index in [2.05, 4.69) is 6.07 Å². The summed E-state index contributed by atoms with van der Waals surface area (Å²) in [5, 5.41) is 2.89. The van der Waals surface area contributed by atoms with Crippen LogP contribution in [0.3, 0.4) is 0 Å². The number of thiophene rings is 1. The molecule has 0 unspecified atom stereocenters. The van der Waals surface area contributed by atoms with Crippen molar-refractivity contribution in [3.05, 3.63) is 50.6 Å². The molecule has 2 aliphatic rings. The van der Waals surface area contributed by atoms with Gasteiger partial charge < -0.3 is 9.80 Å². The standard InChI is InChI=1S/C19H18Cl2N2O2S/c20-14-6-5-12(11-15(14)21)22-9-7-13(18(22)24)19(25)23-8-1-3-16(23)17-4-2-10-26-17/h2,4-6,10-11,13,16H,1,3,7-9H2/t13-,16+/m0/s1. The minimum atomic E-state index is -0.606. The van der Waals surface area contributed by atoms with Gasteiger partial charge >= 0.3 is 0 Å². The first-order valence-electron chi connectivity index (χ1n) is 8.66. The lowest BCUT2D eigenvalue weighted by Crippen LogP contribution is -2.39.